The molecule has 0 unspecified atom stereocenters. The van der Waals surface area contributed by atoms with Crippen molar-refractivity contribution in [1.29, 1.82) is 5.26 Å². The predicted octanol–water partition coefficient (Wildman–Crippen LogP) is 2.11. The molecule has 1 aliphatic rings. The third-order valence-corrected chi connectivity index (χ3v) is 3.50. The number of carboxylic acid groups (broad SMARTS) is 1. The number of allylic oxidation sites excluding steroid dienone is 2. The van der Waals surface area contributed by atoms with Crippen molar-refractivity contribution in [3.05, 3.63) is 11.0 Å². The fraction of sp³-hybridized carbons (Fsp3) is 0.600. The number of hydrogen-bond acceptors (Lipinski definition) is 3. The molecule has 0 saturated heterocycles. The van der Waals surface area contributed by atoms with Crippen LogP contribution in [0.5, 0.6) is 0 Å². The van der Waals surface area contributed by atoms with Gasteiger partial charge in [-0.15, -0.1) is 11.8 Å². The molecule has 2 atom stereocenters. The topological polar surface area (TPSA) is 61.1 Å². The number of rotatable bonds is 3. The third kappa shape index (κ3) is 1.78. The minimum absolute atomic E-state index is 0.00194. The molecule has 0 radical (unpaired) electrons. The van der Waals surface area contributed by atoms with Crippen molar-refractivity contribution < 1.29 is 9.90 Å². The van der Waals surface area contributed by atoms with Crippen LogP contribution in [0.3, 0.4) is 0 Å². The van der Waals surface area contributed by atoms with E-state index >= 15 is 0 Å². The SMILES string of the molecule is CS/C(C#N)=C/[C@@H]1[C@@H](C(=O)O)C1(C)C. The van der Waals surface area contributed by atoms with Crippen molar-refractivity contribution in [2.75, 3.05) is 6.26 Å². The average Bonchev–Trinajstić information content (AvgIpc) is 2.63. The van der Waals surface area contributed by atoms with Gasteiger partial charge < -0.3 is 5.11 Å². The molecule has 0 bridgehead atoms. The molecule has 76 valence electrons. The van der Waals surface area contributed by atoms with Gasteiger partial charge in [-0.25, -0.2) is 0 Å². The van der Waals surface area contributed by atoms with E-state index < -0.39 is 5.97 Å². The largest absolute Gasteiger partial charge is 0.481 e. The standard InChI is InChI=1S/C10H13NO2S/c1-10(2)7(8(10)9(12)13)4-6(5-11)14-3/h4,7-8H,1-3H3,(H,12,13)/b6-4+/t7-,8+/m1/s1. The van der Waals surface area contributed by atoms with Gasteiger partial charge in [-0.1, -0.05) is 19.9 Å². The first-order valence-electron chi connectivity index (χ1n) is 4.34. The predicted molar refractivity (Wildman–Crippen MR) is 55.6 cm³/mol. The van der Waals surface area contributed by atoms with Gasteiger partial charge in [0.1, 0.15) is 6.07 Å². The minimum Gasteiger partial charge on any atom is -0.481 e. The molecule has 0 spiro atoms. The Balaban J connectivity index is 2.80. The van der Waals surface area contributed by atoms with Crippen LogP contribution in [0.1, 0.15) is 13.8 Å². The van der Waals surface area contributed by atoms with E-state index in [0.29, 0.717) is 4.91 Å². The van der Waals surface area contributed by atoms with E-state index in [0.717, 1.165) is 0 Å². The van der Waals surface area contributed by atoms with Gasteiger partial charge in [0.05, 0.1) is 10.8 Å². The summed E-state index contributed by atoms with van der Waals surface area (Å²) in [5, 5.41) is 17.6. The Morgan fingerprint density at radius 2 is 2.21 bits per heavy atom. The quantitative estimate of drug-likeness (QED) is 0.726. The number of carboxylic acids is 1. The molecule has 3 nitrogen and oxygen atoms in total. The van der Waals surface area contributed by atoms with Crippen molar-refractivity contribution in [2.24, 2.45) is 17.3 Å². The number of thioether (sulfide) groups is 1. The Kier molecular flexibility index (Phi) is 2.91. The molecule has 0 aromatic carbocycles. The first kappa shape index (κ1) is 11.1. The number of carbonyl (C=O) groups is 1. The summed E-state index contributed by atoms with van der Waals surface area (Å²) in [5.74, 6) is -1.10. The van der Waals surface area contributed by atoms with E-state index in [1.807, 2.05) is 20.1 Å². The molecule has 1 rings (SSSR count). The van der Waals surface area contributed by atoms with Crippen molar-refractivity contribution in [1.82, 2.24) is 0 Å². The first-order valence-corrected chi connectivity index (χ1v) is 5.56. The summed E-state index contributed by atoms with van der Waals surface area (Å²) in [6.07, 6.45) is 3.60. The lowest BCUT2D eigenvalue weighted by atomic mass is 10.1. The molecule has 1 saturated carbocycles. The second-order valence-electron chi connectivity index (χ2n) is 4.01. The van der Waals surface area contributed by atoms with Gasteiger partial charge in [0, 0.05) is 0 Å². The van der Waals surface area contributed by atoms with E-state index in [1.165, 1.54) is 11.8 Å². The monoisotopic (exact) mass is 211 g/mol. The molecule has 1 fully saturated rings. The summed E-state index contributed by atoms with van der Waals surface area (Å²) in [6, 6.07) is 2.05. The van der Waals surface area contributed by atoms with E-state index in [4.69, 9.17) is 10.4 Å². The maximum absolute atomic E-state index is 10.8. The highest BCUT2D eigenvalue weighted by atomic mass is 32.2. The molecular weight excluding hydrogens is 198 g/mol. The van der Waals surface area contributed by atoms with Gasteiger partial charge in [-0.2, -0.15) is 5.26 Å². The van der Waals surface area contributed by atoms with Gasteiger partial charge in [-0.05, 0) is 17.6 Å². The van der Waals surface area contributed by atoms with Crippen LogP contribution in [0.25, 0.3) is 0 Å². The smallest absolute Gasteiger partial charge is 0.307 e. The van der Waals surface area contributed by atoms with Crippen LogP contribution in [0.4, 0.5) is 0 Å². The first-order chi connectivity index (χ1) is 6.45. The average molecular weight is 211 g/mol. The highest BCUT2D eigenvalue weighted by Gasteiger charge is 2.61. The molecule has 0 aromatic rings. The minimum atomic E-state index is -0.769. The van der Waals surface area contributed by atoms with Gasteiger partial charge in [0.2, 0.25) is 0 Å². The number of hydrogen-bond donors (Lipinski definition) is 1. The maximum atomic E-state index is 10.8. The Labute approximate surface area is 87.8 Å². The van der Waals surface area contributed by atoms with Gasteiger partial charge in [-0.3, -0.25) is 4.79 Å². The highest BCUT2D eigenvalue weighted by Crippen LogP contribution is 2.59. The van der Waals surface area contributed by atoms with Gasteiger partial charge >= 0.3 is 5.97 Å². The Morgan fingerprint density at radius 3 is 2.50 bits per heavy atom. The number of nitriles is 1. The second kappa shape index (κ2) is 3.66. The zero-order valence-corrected chi connectivity index (χ0v) is 9.26. The molecule has 0 aromatic heterocycles. The van der Waals surface area contributed by atoms with Gasteiger partial charge in [0.15, 0.2) is 0 Å². The van der Waals surface area contributed by atoms with Crippen molar-refractivity contribution in [3.8, 4) is 6.07 Å². The zero-order chi connectivity index (χ0) is 10.9. The van der Waals surface area contributed by atoms with Crippen LogP contribution in [-0.4, -0.2) is 17.3 Å². The molecule has 0 heterocycles. The fourth-order valence-electron chi connectivity index (χ4n) is 1.77. The highest BCUT2D eigenvalue weighted by molar-refractivity contribution is 8.02. The third-order valence-electron chi connectivity index (χ3n) is 2.84. The normalized spacial score (nSPS) is 29.4. The van der Waals surface area contributed by atoms with E-state index in [-0.39, 0.29) is 17.3 Å². The van der Waals surface area contributed by atoms with E-state index in [1.54, 1.807) is 6.08 Å². The number of aliphatic carboxylic acids is 1. The van der Waals surface area contributed by atoms with Crippen LogP contribution >= 0.6 is 11.8 Å². The molecule has 4 heteroatoms. The summed E-state index contributed by atoms with van der Waals surface area (Å²) < 4.78 is 0. The van der Waals surface area contributed by atoms with E-state index in [2.05, 4.69) is 6.07 Å². The van der Waals surface area contributed by atoms with Crippen LogP contribution in [-0.2, 0) is 4.79 Å². The lowest BCUT2D eigenvalue weighted by molar-refractivity contribution is -0.139. The Bertz CT molecular complexity index is 328. The molecule has 0 aliphatic heterocycles. The van der Waals surface area contributed by atoms with E-state index in [9.17, 15) is 4.79 Å². The molecule has 1 aliphatic carbocycles. The summed E-state index contributed by atoms with van der Waals surface area (Å²) >= 11 is 1.36. The van der Waals surface area contributed by atoms with Crippen LogP contribution in [0.15, 0.2) is 11.0 Å². The molecule has 14 heavy (non-hydrogen) atoms. The fourth-order valence-corrected chi connectivity index (χ4v) is 2.15. The molecule has 1 N–H and O–H groups in total. The van der Waals surface area contributed by atoms with Crippen molar-refractivity contribution >= 4 is 17.7 Å². The maximum Gasteiger partial charge on any atom is 0.307 e. The summed E-state index contributed by atoms with van der Waals surface area (Å²) in [4.78, 5) is 11.4. The zero-order valence-electron chi connectivity index (χ0n) is 8.44. The Morgan fingerprint density at radius 1 is 1.64 bits per heavy atom. The van der Waals surface area contributed by atoms with Crippen molar-refractivity contribution in [2.45, 2.75) is 13.8 Å². The lowest BCUT2D eigenvalue weighted by Crippen LogP contribution is -2.03. The van der Waals surface area contributed by atoms with Crippen molar-refractivity contribution in [3.63, 3.8) is 0 Å². The van der Waals surface area contributed by atoms with Crippen LogP contribution in [0, 0.1) is 28.6 Å². The Hall–Kier alpha value is -0.950. The second-order valence-corrected chi connectivity index (χ2v) is 4.86. The molecule has 0 amide bonds. The summed E-state index contributed by atoms with van der Waals surface area (Å²) in [7, 11) is 0. The van der Waals surface area contributed by atoms with Crippen LogP contribution < -0.4 is 0 Å². The van der Waals surface area contributed by atoms with Crippen LogP contribution in [0.2, 0.25) is 0 Å². The number of nitrogens with zero attached hydrogens (tertiary/aromatic N) is 1. The van der Waals surface area contributed by atoms with Gasteiger partial charge in [0.25, 0.3) is 0 Å². The lowest BCUT2D eigenvalue weighted by Gasteiger charge is -1.97. The molecular formula is C10H13NO2S. The summed E-state index contributed by atoms with van der Waals surface area (Å²) in [6.45, 7) is 3.84. The summed E-state index contributed by atoms with van der Waals surface area (Å²) in [5.41, 5.74) is -0.205.